The summed E-state index contributed by atoms with van der Waals surface area (Å²) in [6.07, 6.45) is -11.2. The van der Waals surface area contributed by atoms with E-state index in [1.165, 1.54) is 0 Å². The average molecular weight is 789 g/mol. The van der Waals surface area contributed by atoms with Gasteiger partial charge < -0.3 is 90.1 Å². The summed E-state index contributed by atoms with van der Waals surface area (Å²) in [6, 6.07) is 4.82. The zero-order valence-electron chi connectivity index (χ0n) is 27.7. The molecule has 22 heteroatoms. The second kappa shape index (κ2) is 15.3. The second-order valence-electron chi connectivity index (χ2n) is 11.7. The Morgan fingerprint density at radius 1 is 0.411 bits per heavy atom. The number of aliphatic hydroxyl groups is 1. The highest BCUT2D eigenvalue weighted by Crippen LogP contribution is 2.40. The van der Waals surface area contributed by atoms with Crippen LogP contribution in [0.4, 0.5) is 0 Å². The molecule has 0 spiro atoms. The van der Waals surface area contributed by atoms with Crippen LogP contribution >= 0.6 is 0 Å². The van der Waals surface area contributed by atoms with Gasteiger partial charge in [-0.05, 0) is 48.5 Å². The molecular weight excluding hydrogens is 760 g/mol. The van der Waals surface area contributed by atoms with Gasteiger partial charge in [-0.3, -0.25) is 0 Å². The third-order valence-electron chi connectivity index (χ3n) is 7.95. The molecular formula is C34H28O22. The summed E-state index contributed by atoms with van der Waals surface area (Å²) in [5.41, 5.74) is -2.84. The summed E-state index contributed by atoms with van der Waals surface area (Å²) in [5, 5.41) is 129. The van der Waals surface area contributed by atoms with Crippen molar-refractivity contribution in [2.45, 2.75) is 30.7 Å². The van der Waals surface area contributed by atoms with Crippen LogP contribution in [-0.4, -0.2) is 128 Å². The fraction of sp³-hybridized carbons (Fsp3) is 0.176. The molecule has 1 aliphatic heterocycles. The van der Waals surface area contributed by atoms with Crippen LogP contribution in [0.25, 0.3) is 0 Å². The van der Waals surface area contributed by atoms with Crippen molar-refractivity contribution in [2.75, 3.05) is 6.61 Å². The van der Waals surface area contributed by atoms with Crippen LogP contribution < -0.4 is 0 Å². The number of aliphatic hydroxyl groups excluding tert-OH is 1. The van der Waals surface area contributed by atoms with Crippen LogP contribution in [-0.2, 0) is 23.7 Å². The molecule has 4 aromatic carbocycles. The minimum Gasteiger partial charge on any atom is -0.504 e. The Bertz CT molecular complexity index is 2140. The van der Waals surface area contributed by atoms with Crippen molar-refractivity contribution in [1.29, 1.82) is 0 Å². The molecule has 0 aromatic heterocycles. The predicted octanol–water partition coefficient (Wildman–Crippen LogP) is 0.705. The van der Waals surface area contributed by atoms with Crippen LogP contribution in [0, 0.1) is 0 Å². The van der Waals surface area contributed by atoms with Crippen LogP contribution in [0.3, 0.4) is 0 Å². The first-order valence-corrected chi connectivity index (χ1v) is 15.4. The van der Waals surface area contributed by atoms with Crippen molar-refractivity contribution in [3.05, 3.63) is 70.8 Å². The number of rotatable bonds is 9. The predicted molar refractivity (Wildman–Crippen MR) is 175 cm³/mol. The number of hydrogen-bond acceptors (Lipinski definition) is 22. The van der Waals surface area contributed by atoms with E-state index in [-0.39, 0.29) is 0 Å². The normalized spacial score (nSPS) is 19.1. The van der Waals surface area contributed by atoms with Gasteiger partial charge in [0.05, 0.1) is 28.9 Å². The zero-order chi connectivity index (χ0) is 41.3. The molecule has 0 saturated carbocycles. The Morgan fingerprint density at radius 3 is 0.946 bits per heavy atom. The van der Waals surface area contributed by atoms with Crippen molar-refractivity contribution in [1.82, 2.24) is 0 Å². The molecule has 4 aromatic rings. The molecule has 22 nitrogen and oxygen atoms in total. The Balaban J connectivity index is 1.64. The van der Waals surface area contributed by atoms with Crippen molar-refractivity contribution < 1.29 is 109 Å². The summed E-state index contributed by atoms with van der Waals surface area (Å²) < 4.78 is 27.3. The number of ether oxygens (including phenoxy) is 5. The van der Waals surface area contributed by atoms with Crippen LogP contribution in [0.5, 0.6) is 69.0 Å². The highest BCUT2D eigenvalue weighted by Gasteiger charge is 2.54. The molecule has 296 valence electrons. The van der Waals surface area contributed by atoms with Gasteiger partial charge in [-0.1, -0.05) is 0 Å². The second-order valence-corrected chi connectivity index (χ2v) is 11.7. The Morgan fingerprint density at radius 2 is 0.661 bits per heavy atom. The van der Waals surface area contributed by atoms with Gasteiger partial charge in [0.2, 0.25) is 12.4 Å². The first kappa shape index (κ1) is 39.5. The monoisotopic (exact) mass is 788 g/mol. The summed E-state index contributed by atoms with van der Waals surface area (Å²) in [5.74, 6) is -18.6. The maximum atomic E-state index is 13.6. The van der Waals surface area contributed by atoms with Crippen molar-refractivity contribution in [3.63, 3.8) is 0 Å². The average Bonchev–Trinajstić information content (AvgIpc) is 3.14. The molecule has 0 unspecified atom stereocenters. The SMILES string of the molecule is O=C(O[C@H]1O[C@@H](CO)[C@@H](OC(=O)c2cc(O)c(O)c(O)c2)[C@H](OC(=O)c2cc(O)c(O)c(O)c2)[C@@H]1OC(=O)c1cc(O)c(O)c(O)c1)c1cc(O)c(O)c(O)c1. The van der Waals surface area contributed by atoms with Gasteiger partial charge >= 0.3 is 23.9 Å². The third kappa shape index (κ3) is 7.80. The van der Waals surface area contributed by atoms with Crippen molar-refractivity contribution in [2.24, 2.45) is 0 Å². The summed E-state index contributed by atoms with van der Waals surface area (Å²) in [4.78, 5) is 53.7. The fourth-order valence-electron chi connectivity index (χ4n) is 5.16. The first-order valence-electron chi connectivity index (χ1n) is 15.4. The summed E-state index contributed by atoms with van der Waals surface area (Å²) >= 11 is 0. The maximum absolute atomic E-state index is 13.6. The minimum atomic E-state index is -2.38. The lowest BCUT2D eigenvalue weighted by molar-refractivity contribution is -0.283. The Labute approximate surface area is 310 Å². The Kier molecular flexibility index (Phi) is 10.8. The van der Waals surface area contributed by atoms with Crippen LogP contribution in [0.1, 0.15) is 41.4 Å². The van der Waals surface area contributed by atoms with Crippen molar-refractivity contribution >= 4 is 23.9 Å². The third-order valence-corrected chi connectivity index (χ3v) is 7.95. The summed E-state index contributed by atoms with van der Waals surface area (Å²) in [6.45, 7) is -1.20. The molecule has 0 amide bonds. The number of aromatic hydroxyl groups is 12. The molecule has 1 aliphatic rings. The molecule has 56 heavy (non-hydrogen) atoms. The largest absolute Gasteiger partial charge is 0.504 e. The smallest absolute Gasteiger partial charge is 0.340 e. The lowest BCUT2D eigenvalue weighted by Gasteiger charge is -2.43. The first-order chi connectivity index (χ1) is 26.3. The van der Waals surface area contributed by atoms with Crippen LogP contribution in [0.2, 0.25) is 0 Å². The molecule has 0 bridgehead atoms. The lowest BCUT2D eigenvalue weighted by Crippen LogP contribution is -2.63. The molecule has 1 heterocycles. The molecule has 13 N–H and O–H groups in total. The zero-order valence-corrected chi connectivity index (χ0v) is 27.7. The van der Waals surface area contributed by atoms with E-state index < -0.39 is 152 Å². The quantitative estimate of drug-likeness (QED) is 0.0630. The van der Waals surface area contributed by atoms with E-state index in [9.17, 15) is 85.6 Å². The van der Waals surface area contributed by atoms with Gasteiger partial charge in [0.25, 0.3) is 0 Å². The van der Waals surface area contributed by atoms with E-state index in [0.29, 0.717) is 48.5 Å². The van der Waals surface area contributed by atoms with E-state index in [1.807, 2.05) is 0 Å². The highest BCUT2D eigenvalue weighted by molar-refractivity contribution is 5.94. The van der Waals surface area contributed by atoms with E-state index in [1.54, 1.807) is 0 Å². The molecule has 0 radical (unpaired) electrons. The number of carbonyl (C=O) groups is 4. The van der Waals surface area contributed by atoms with E-state index in [4.69, 9.17) is 23.7 Å². The number of esters is 4. The van der Waals surface area contributed by atoms with Gasteiger partial charge in [-0.25, -0.2) is 19.2 Å². The molecule has 0 aliphatic carbocycles. The summed E-state index contributed by atoms with van der Waals surface area (Å²) in [7, 11) is 0. The molecule has 5 rings (SSSR count). The van der Waals surface area contributed by atoms with Gasteiger partial charge in [0, 0.05) is 0 Å². The van der Waals surface area contributed by atoms with Gasteiger partial charge in [0.15, 0.2) is 81.2 Å². The number of benzene rings is 4. The van der Waals surface area contributed by atoms with E-state index in [0.717, 1.165) is 0 Å². The Hall–Kier alpha value is -7.72. The van der Waals surface area contributed by atoms with Gasteiger partial charge in [0.1, 0.15) is 6.10 Å². The number of phenols is 12. The maximum Gasteiger partial charge on any atom is 0.340 e. The fourth-order valence-corrected chi connectivity index (χ4v) is 5.16. The topological polar surface area (TPSA) is 377 Å². The number of phenolic OH excluding ortho intramolecular Hbond substituents is 12. The number of carbonyl (C=O) groups excluding carboxylic acids is 4. The van der Waals surface area contributed by atoms with E-state index in [2.05, 4.69) is 0 Å². The molecule has 5 atom stereocenters. The van der Waals surface area contributed by atoms with Gasteiger partial charge in [-0.2, -0.15) is 0 Å². The van der Waals surface area contributed by atoms with Crippen LogP contribution in [0.15, 0.2) is 48.5 Å². The number of hydrogen-bond donors (Lipinski definition) is 13. The van der Waals surface area contributed by atoms with E-state index >= 15 is 0 Å². The van der Waals surface area contributed by atoms with Crippen molar-refractivity contribution in [3.8, 4) is 69.0 Å². The standard InChI is InChI=1S/C34H28O22/c35-9-22-27(53-30(48)10-1-14(36)23(44)15(37)2-10)28(54-31(49)11-3-16(38)24(45)17(39)4-11)29(55-32(50)12-5-18(40)25(46)19(41)6-12)34(52-22)56-33(51)13-7-20(42)26(47)21(43)8-13/h1-8,22,27-29,34-47H,9H2/t22-,27+,28-,29-,34+/m0/s1. The minimum absolute atomic E-state index is 0.588. The highest BCUT2D eigenvalue weighted by atomic mass is 16.7. The lowest BCUT2D eigenvalue weighted by atomic mass is 9.97. The molecule has 1 fully saturated rings. The molecule has 1 saturated heterocycles. The van der Waals surface area contributed by atoms with Gasteiger partial charge in [-0.15, -0.1) is 0 Å².